The average molecular weight is 296 g/mol. The minimum absolute atomic E-state index is 0.0990. The fourth-order valence-corrected chi connectivity index (χ4v) is 4.31. The van der Waals surface area contributed by atoms with Crippen LogP contribution in [0.15, 0.2) is 30.3 Å². The normalized spacial score (nSPS) is 20.2. The van der Waals surface area contributed by atoms with Gasteiger partial charge in [0, 0.05) is 13.1 Å². The highest BCUT2D eigenvalue weighted by Gasteiger charge is 2.25. The number of nitrogens with one attached hydrogen (secondary N) is 1. The minimum Gasteiger partial charge on any atom is -0.316 e. The molecular weight excluding hydrogens is 272 g/mol. The van der Waals surface area contributed by atoms with Gasteiger partial charge in [0.1, 0.15) is 0 Å². The smallest absolute Gasteiger partial charge is 0.218 e. The molecule has 0 radical (unpaired) electrons. The number of hydrogen-bond donors (Lipinski definition) is 1. The summed E-state index contributed by atoms with van der Waals surface area (Å²) in [6.07, 6.45) is 2.26. The second-order valence-corrected chi connectivity index (χ2v) is 7.37. The average Bonchev–Trinajstić information content (AvgIpc) is 2.46. The lowest BCUT2D eigenvalue weighted by atomic mass is 10.00. The quantitative estimate of drug-likeness (QED) is 0.871. The Bertz CT molecular complexity index is 496. The number of hydrogen-bond acceptors (Lipinski definition) is 3. The molecule has 1 heterocycles. The van der Waals surface area contributed by atoms with Crippen molar-refractivity contribution in [1.29, 1.82) is 0 Å². The first-order valence-electron chi connectivity index (χ1n) is 7.34. The molecule has 0 aromatic heterocycles. The number of piperidine rings is 1. The summed E-state index contributed by atoms with van der Waals surface area (Å²) in [5, 5.41) is 3.34. The van der Waals surface area contributed by atoms with Gasteiger partial charge in [-0.2, -0.15) is 0 Å². The van der Waals surface area contributed by atoms with E-state index in [9.17, 15) is 8.42 Å². The minimum atomic E-state index is -3.22. The molecule has 0 saturated carbocycles. The maximum absolute atomic E-state index is 12.5. The van der Waals surface area contributed by atoms with Crippen LogP contribution < -0.4 is 5.32 Å². The highest BCUT2D eigenvalue weighted by molar-refractivity contribution is 7.88. The van der Waals surface area contributed by atoms with Gasteiger partial charge in [-0.3, -0.25) is 0 Å². The standard InChI is InChI=1S/C15H24N2O2S/c1-2-17(12-15-9-6-10-16-11-15)20(18,19)13-14-7-4-3-5-8-14/h3-5,7-8,15-16H,2,6,9-13H2,1H3. The summed E-state index contributed by atoms with van der Waals surface area (Å²) >= 11 is 0. The second-order valence-electron chi connectivity index (χ2n) is 5.40. The number of sulfonamides is 1. The Balaban J connectivity index is 2.01. The third kappa shape index (κ3) is 4.30. The molecule has 1 saturated heterocycles. The van der Waals surface area contributed by atoms with Crippen molar-refractivity contribution in [3.8, 4) is 0 Å². The number of rotatable bonds is 6. The van der Waals surface area contributed by atoms with E-state index in [1.165, 1.54) is 0 Å². The fourth-order valence-electron chi connectivity index (χ4n) is 2.68. The molecule has 1 aromatic carbocycles. The van der Waals surface area contributed by atoms with Crippen LogP contribution in [0.1, 0.15) is 25.3 Å². The summed E-state index contributed by atoms with van der Waals surface area (Å²) in [7, 11) is -3.22. The van der Waals surface area contributed by atoms with E-state index in [0.29, 0.717) is 19.0 Å². The molecule has 112 valence electrons. The van der Waals surface area contributed by atoms with E-state index in [1.54, 1.807) is 4.31 Å². The van der Waals surface area contributed by atoms with Gasteiger partial charge in [0.05, 0.1) is 5.75 Å². The lowest BCUT2D eigenvalue weighted by Crippen LogP contribution is -2.41. The Morgan fingerprint density at radius 2 is 2.05 bits per heavy atom. The van der Waals surface area contributed by atoms with Crippen LogP contribution in [0.2, 0.25) is 0 Å². The highest BCUT2D eigenvalue weighted by atomic mass is 32.2. The molecule has 5 heteroatoms. The van der Waals surface area contributed by atoms with E-state index >= 15 is 0 Å². The van der Waals surface area contributed by atoms with E-state index in [1.807, 2.05) is 37.3 Å². The Morgan fingerprint density at radius 3 is 2.65 bits per heavy atom. The van der Waals surface area contributed by atoms with Crippen molar-refractivity contribution in [2.45, 2.75) is 25.5 Å². The lowest BCUT2D eigenvalue weighted by molar-refractivity contribution is 0.297. The van der Waals surface area contributed by atoms with E-state index in [-0.39, 0.29) is 5.75 Å². The molecule has 4 nitrogen and oxygen atoms in total. The van der Waals surface area contributed by atoms with Crippen LogP contribution in [0, 0.1) is 5.92 Å². The summed E-state index contributed by atoms with van der Waals surface area (Å²) in [5.74, 6) is 0.538. The zero-order chi connectivity index (χ0) is 14.4. The SMILES string of the molecule is CCN(CC1CCCNC1)S(=O)(=O)Cc1ccccc1. The van der Waals surface area contributed by atoms with Gasteiger partial charge in [-0.1, -0.05) is 37.3 Å². The maximum atomic E-state index is 12.5. The summed E-state index contributed by atoms with van der Waals surface area (Å²) in [5.41, 5.74) is 0.854. The van der Waals surface area contributed by atoms with Crippen LogP contribution in [0.5, 0.6) is 0 Å². The monoisotopic (exact) mass is 296 g/mol. The third-order valence-corrected chi connectivity index (χ3v) is 5.69. The molecular formula is C15H24N2O2S. The molecule has 1 aliphatic heterocycles. The first-order chi connectivity index (χ1) is 9.62. The molecule has 0 bridgehead atoms. The Kier molecular flexibility index (Phi) is 5.57. The Labute approximate surface area is 122 Å². The lowest BCUT2D eigenvalue weighted by Gasteiger charge is -2.29. The second kappa shape index (κ2) is 7.20. The highest BCUT2D eigenvalue weighted by Crippen LogP contribution is 2.16. The predicted molar refractivity (Wildman–Crippen MR) is 81.9 cm³/mol. The van der Waals surface area contributed by atoms with Gasteiger partial charge in [0.25, 0.3) is 0 Å². The first-order valence-corrected chi connectivity index (χ1v) is 8.95. The van der Waals surface area contributed by atoms with Gasteiger partial charge in [-0.05, 0) is 37.4 Å². The topological polar surface area (TPSA) is 49.4 Å². The summed E-state index contributed by atoms with van der Waals surface area (Å²) in [4.78, 5) is 0. The van der Waals surface area contributed by atoms with E-state index in [4.69, 9.17) is 0 Å². The van der Waals surface area contributed by atoms with Crippen LogP contribution in [-0.4, -0.2) is 38.9 Å². The van der Waals surface area contributed by atoms with Gasteiger partial charge in [0.15, 0.2) is 0 Å². The van der Waals surface area contributed by atoms with Crippen molar-refractivity contribution in [3.63, 3.8) is 0 Å². The van der Waals surface area contributed by atoms with Crippen molar-refractivity contribution in [2.24, 2.45) is 5.92 Å². The molecule has 0 spiro atoms. The molecule has 1 aromatic rings. The van der Waals surface area contributed by atoms with Crippen LogP contribution in [0.25, 0.3) is 0 Å². The molecule has 1 fully saturated rings. The van der Waals surface area contributed by atoms with Crippen LogP contribution >= 0.6 is 0 Å². The van der Waals surface area contributed by atoms with Gasteiger partial charge < -0.3 is 5.32 Å². The van der Waals surface area contributed by atoms with Crippen molar-refractivity contribution in [2.75, 3.05) is 26.2 Å². The number of benzene rings is 1. The largest absolute Gasteiger partial charge is 0.316 e. The van der Waals surface area contributed by atoms with Gasteiger partial charge in [-0.15, -0.1) is 0 Å². The molecule has 2 rings (SSSR count). The van der Waals surface area contributed by atoms with E-state index in [0.717, 1.165) is 31.5 Å². The maximum Gasteiger partial charge on any atom is 0.218 e. The molecule has 1 aliphatic rings. The predicted octanol–water partition coefficient (Wildman–Crippen LogP) is 1.84. The van der Waals surface area contributed by atoms with Crippen molar-refractivity contribution in [1.82, 2.24) is 9.62 Å². The summed E-state index contributed by atoms with van der Waals surface area (Å²) < 4.78 is 26.7. The molecule has 0 amide bonds. The summed E-state index contributed by atoms with van der Waals surface area (Å²) in [6, 6.07) is 9.40. The molecule has 1 unspecified atom stereocenters. The fraction of sp³-hybridized carbons (Fsp3) is 0.600. The molecule has 0 aliphatic carbocycles. The van der Waals surface area contributed by atoms with E-state index < -0.39 is 10.0 Å². The van der Waals surface area contributed by atoms with Gasteiger partial charge in [-0.25, -0.2) is 12.7 Å². The van der Waals surface area contributed by atoms with Crippen LogP contribution in [-0.2, 0) is 15.8 Å². The third-order valence-electron chi connectivity index (χ3n) is 3.80. The van der Waals surface area contributed by atoms with E-state index in [2.05, 4.69) is 5.32 Å². The number of nitrogens with zero attached hydrogens (tertiary/aromatic N) is 1. The Morgan fingerprint density at radius 1 is 1.30 bits per heavy atom. The zero-order valence-electron chi connectivity index (χ0n) is 12.1. The molecule has 20 heavy (non-hydrogen) atoms. The zero-order valence-corrected chi connectivity index (χ0v) is 12.9. The van der Waals surface area contributed by atoms with Crippen LogP contribution in [0.3, 0.4) is 0 Å². The van der Waals surface area contributed by atoms with Crippen molar-refractivity contribution < 1.29 is 8.42 Å². The summed E-state index contributed by atoms with van der Waals surface area (Å²) in [6.45, 7) is 5.08. The van der Waals surface area contributed by atoms with Crippen molar-refractivity contribution >= 4 is 10.0 Å². The van der Waals surface area contributed by atoms with Crippen molar-refractivity contribution in [3.05, 3.63) is 35.9 Å². The molecule has 1 atom stereocenters. The molecule has 1 N–H and O–H groups in total. The van der Waals surface area contributed by atoms with Gasteiger partial charge in [0.2, 0.25) is 10.0 Å². The first kappa shape index (κ1) is 15.5. The van der Waals surface area contributed by atoms with Gasteiger partial charge >= 0.3 is 0 Å². The Hall–Kier alpha value is -0.910. The van der Waals surface area contributed by atoms with Crippen LogP contribution in [0.4, 0.5) is 0 Å².